The number of nitrogens with one attached hydrogen (secondary N) is 2. The first kappa shape index (κ1) is 21.1. The molecule has 8 nitrogen and oxygen atoms in total. The number of pyridine rings is 1. The fraction of sp³-hybridized carbons (Fsp3) is 0.364. The van der Waals surface area contributed by atoms with Crippen molar-refractivity contribution >= 4 is 40.8 Å². The van der Waals surface area contributed by atoms with E-state index in [-0.39, 0.29) is 11.9 Å². The first-order valence-corrected chi connectivity index (χ1v) is 10.7. The first-order valence-electron chi connectivity index (χ1n) is 10.3. The van der Waals surface area contributed by atoms with Gasteiger partial charge < -0.3 is 20.4 Å². The van der Waals surface area contributed by atoms with E-state index >= 15 is 0 Å². The van der Waals surface area contributed by atoms with E-state index in [1.807, 2.05) is 24.3 Å². The quantitative estimate of drug-likeness (QED) is 0.747. The summed E-state index contributed by atoms with van der Waals surface area (Å²) in [5.74, 6) is 0.0545. The van der Waals surface area contributed by atoms with Gasteiger partial charge in [-0.3, -0.25) is 4.79 Å². The van der Waals surface area contributed by atoms with Crippen molar-refractivity contribution in [1.29, 1.82) is 0 Å². The van der Waals surface area contributed by atoms with Crippen LogP contribution in [0.25, 0.3) is 0 Å². The van der Waals surface area contributed by atoms with E-state index in [1.54, 1.807) is 17.0 Å². The lowest BCUT2D eigenvalue weighted by molar-refractivity contribution is -0.110. The SMILES string of the molecule is CCc1ccc(NC(=O)N2CCC3(CC2)CC(C(=O)Nc2ccc(Cl)cn2)=NO3)cc1. The summed E-state index contributed by atoms with van der Waals surface area (Å²) in [6.07, 6.45) is 4.04. The fourth-order valence-electron chi connectivity index (χ4n) is 3.69. The number of aromatic nitrogens is 1. The molecule has 0 atom stereocenters. The highest BCUT2D eigenvalue weighted by Crippen LogP contribution is 2.35. The Morgan fingerprint density at radius 3 is 2.52 bits per heavy atom. The maximum absolute atomic E-state index is 12.6. The molecular weight excluding hydrogens is 418 g/mol. The number of carbonyl (C=O) groups is 2. The van der Waals surface area contributed by atoms with Crippen LogP contribution in [0.15, 0.2) is 47.8 Å². The second-order valence-corrected chi connectivity index (χ2v) is 8.21. The Morgan fingerprint density at radius 2 is 1.87 bits per heavy atom. The summed E-state index contributed by atoms with van der Waals surface area (Å²) in [4.78, 5) is 36.6. The van der Waals surface area contributed by atoms with Crippen LogP contribution in [-0.4, -0.2) is 46.2 Å². The Morgan fingerprint density at radius 1 is 1.13 bits per heavy atom. The lowest BCUT2D eigenvalue weighted by atomic mass is 9.87. The fourth-order valence-corrected chi connectivity index (χ4v) is 3.81. The lowest BCUT2D eigenvalue weighted by Crippen LogP contribution is -2.48. The summed E-state index contributed by atoms with van der Waals surface area (Å²) in [7, 11) is 0. The van der Waals surface area contributed by atoms with Crippen LogP contribution in [0.5, 0.6) is 0 Å². The van der Waals surface area contributed by atoms with E-state index in [4.69, 9.17) is 16.4 Å². The number of rotatable bonds is 4. The molecule has 1 saturated heterocycles. The lowest BCUT2D eigenvalue weighted by Gasteiger charge is -2.37. The molecule has 0 aliphatic carbocycles. The summed E-state index contributed by atoms with van der Waals surface area (Å²) in [6, 6.07) is 11.0. The molecule has 162 valence electrons. The molecule has 4 rings (SSSR count). The monoisotopic (exact) mass is 441 g/mol. The highest BCUT2D eigenvalue weighted by molar-refractivity contribution is 6.43. The number of halogens is 1. The third kappa shape index (κ3) is 4.96. The molecule has 1 fully saturated rings. The van der Waals surface area contributed by atoms with Crippen molar-refractivity contribution in [3.63, 3.8) is 0 Å². The first-order chi connectivity index (χ1) is 15.0. The number of amides is 3. The molecule has 9 heteroatoms. The summed E-state index contributed by atoms with van der Waals surface area (Å²) < 4.78 is 0. The molecule has 1 aromatic heterocycles. The Kier molecular flexibility index (Phi) is 6.08. The maximum atomic E-state index is 12.6. The zero-order valence-electron chi connectivity index (χ0n) is 17.2. The Labute approximate surface area is 185 Å². The minimum atomic E-state index is -0.542. The molecule has 3 heterocycles. The Hall–Kier alpha value is -3.13. The van der Waals surface area contributed by atoms with E-state index in [2.05, 4.69) is 27.7 Å². The van der Waals surface area contributed by atoms with Crippen LogP contribution in [0.1, 0.15) is 31.7 Å². The largest absolute Gasteiger partial charge is 0.388 e. The molecule has 0 bridgehead atoms. The van der Waals surface area contributed by atoms with E-state index < -0.39 is 5.60 Å². The number of likely N-dealkylation sites (tertiary alicyclic amines) is 1. The topological polar surface area (TPSA) is 95.9 Å². The van der Waals surface area contributed by atoms with Crippen molar-refractivity contribution < 1.29 is 14.4 Å². The van der Waals surface area contributed by atoms with Gasteiger partial charge in [0.05, 0.1) is 5.02 Å². The van der Waals surface area contributed by atoms with Gasteiger partial charge in [-0.2, -0.15) is 0 Å². The van der Waals surface area contributed by atoms with Crippen molar-refractivity contribution in [3.05, 3.63) is 53.2 Å². The molecule has 2 N–H and O–H groups in total. The molecule has 31 heavy (non-hydrogen) atoms. The van der Waals surface area contributed by atoms with Crippen molar-refractivity contribution in [3.8, 4) is 0 Å². The minimum absolute atomic E-state index is 0.134. The van der Waals surface area contributed by atoms with Gasteiger partial charge in [-0.15, -0.1) is 0 Å². The van der Waals surface area contributed by atoms with Crippen LogP contribution in [-0.2, 0) is 16.1 Å². The Bertz CT molecular complexity index is 983. The number of hydrogen-bond acceptors (Lipinski definition) is 5. The van der Waals surface area contributed by atoms with Gasteiger partial charge in [0.1, 0.15) is 17.1 Å². The van der Waals surface area contributed by atoms with Gasteiger partial charge in [0, 0.05) is 44.2 Å². The predicted octanol–water partition coefficient (Wildman–Crippen LogP) is 4.08. The van der Waals surface area contributed by atoms with Crippen LogP contribution in [0, 0.1) is 0 Å². The minimum Gasteiger partial charge on any atom is -0.388 e. The van der Waals surface area contributed by atoms with E-state index in [0.29, 0.717) is 48.9 Å². The maximum Gasteiger partial charge on any atom is 0.321 e. The summed E-state index contributed by atoms with van der Waals surface area (Å²) in [5.41, 5.74) is 1.78. The van der Waals surface area contributed by atoms with Gasteiger partial charge >= 0.3 is 6.03 Å². The molecule has 0 radical (unpaired) electrons. The van der Waals surface area contributed by atoms with E-state index in [1.165, 1.54) is 11.8 Å². The van der Waals surface area contributed by atoms with Crippen LogP contribution >= 0.6 is 11.6 Å². The average molecular weight is 442 g/mol. The van der Waals surface area contributed by atoms with Crippen molar-refractivity contribution in [1.82, 2.24) is 9.88 Å². The van der Waals surface area contributed by atoms with Gasteiger partial charge in [-0.25, -0.2) is 9.78 Å². The molecule has 2 aromatic rings. The molecule has 3 amide bonds. The molecule has 1 spiro atoms. The number of hydrogen-bond donors (Lipinski definition) is 2. The van der Waals surface area contributed by atoms with Crippen LogP contribution in [0.2, 0.25) is 5.02 Å². The van der Waals surface area contributed by atoms with Gasteiger partial charge in [-0.1, -0.05) is 35.8 Å². The molecule has 2 aliphatic heterocycles. The zero-order valence-corrected chi connectivity index (χ0v) is 18.0. The third-order valence-electron chi connectivity index (χ3n) is 5.65. The van der Waals surface area contributed by atoms with Gasteiger partial charge in [-0.05, 0) is 36.2 Å². The highest BCUT2D eigenvalue weighted by atomic mass is 35.5. The zero-order chi connectivity index (χ0) is 21.8. The van der Waals surface area contributed by atoms with Crippen LogP contribution in [0.3, 0.4) is 0 Å². The number of oxime groups is 1. The smallest absolute Gasteiger partial charge is 0.321 e. The Balaban J connectivity index is 1.27. The molecule has 0 saturated carbocycles. The van der Waals surface area contributed by atoms with Crippen molar-refractivity contribution in [2.24, 2.45) is 5.16 Å². The van der Waals surface area contributed by atoms with Gasteiger partial charge in [0.2, 0.25) is 0 Å². The summed E-state index contributed by atoms with van der Waals surface area (Å²) >= 11 is 5.81. The standard InChI is InChI=1S/C22H24ClN5O3/c1-2-15-3-6-17(7-4-15)25-21(30)28-11-9-22(10-12-28)13-18(27-31-22)20(29)26-19-8-5-16(23)14-24-19/h3-8,14H,2,9-13H2,1H3,(H,25,30)(H,24,26,29). The number of nitrogens with zero attached hydrogens (tertiary/aromatic N) is 3. The van der Waals surface area contributed by atoms with E-state index in [0.717, 1.165) is 12.1 Å². The second kappa shape index (κ2) is 8.93. The molecule has 2 aliphatic rings. The van der Waals surface area contributed by atoms with Crippen molar-refractivity contribution in [2.75, 3.05) is 23.7 Å². The second-order valence-electron chi connectivity index (χ2n) is 7.77. The number of urea groups is 1. The number of anilines is 2. The third-order valence-corrected chi connectivity index (χ3v) is 5.87. The number of piperidine rings is 1. The summed E-state index contributed by atoms with van der Waals surface area (Å²) in [5, 5.41) is 10.1. The molecule has 1 aromatic carbocycles. The number of aryl methyl sites for hydroxylation is 1. The number of carbonyl (C=O) groups excluding carboxylic acids is 2. The molecule has 0 unspecified atom stereocenters. The van der Waals surface area contributed by atoms with Crippen molar-refractivity contribution in [2.45, 2.75) is 38.2 Å². The molecular formula is C22H24ClN5O3. The summed E-state index contributed by atoms with van der Waals surface area (Å²) in [6.45, 7) is 3.15. The average Bonchev–Trinajstić information content (AvgIpc) is 3.20. The van der Waals surface area contributed by atoms with Gasteiger partial charge in [0.25, 0.3) is 5.91 Å². The van der Waals surface area contributed by atoms with E-state index in [9.17, 15) is 9.59 Å². The normalized spacial score (nSPS) is 17.1. The highest BCUT2D eigenvalue weighted by Gasteiger charge is 2.44. The van der Waals surface area contributed by atoms with Crippen LogP contribution < -0.4 is 10.6 Å². The number of benzene rings is 1. The predicted molar refractivity (Wildman–Crippen MR) is 119 cm³/mol. The van der Waals surface area contributed by atoms with Crippen LogP contribution in [0.4, 0.5) is 16.3 Å². The van der Waals surface area contributed by atoms with Gasteiger partial charge in [0.15, 0.2) is 0 Å².